The van der Waals surface area contributed by atoms with Gasteiger partial charge < -0.3 is 4.79 Å². The van der Waals surface area contributed by atoms with E-state index in [1.807, 2.05) is 19.1 Å². The fourth-order valence-electron chi connectivity index (χ4n) is 1.03. The van der Waals surface area contributed by atoms with Crippen molar-refractivity contribution >= 4 is 17.9 Å². The van der Waals surface area contributed by atoms with Crippen LogP contribution in [0.25, 0.3) is 0 Å². The van der Waals surface area contributed by atoms with Gasteiger partial charge in [-0.2, -0.15) is 0 Å². The van der Waals surface area contributed by atoms with E-state index in [0.29, 0.717) is 6.42 Å². The summed E-state index contributed by atoms with van der Waals surface area (Å²) < 4.78 is 0. The van der Waals surface area contributed by atoms with Gasteiger partial charge in [0.1, 0.15) is 6.29 Å². The Morgan fingerprint density at radius 1 is 1.20 bits per heavy atom. The Morgan fingerprint density at radius 3 is 2.13 bits per heavy atom. The van der Waals surface area contributed by atoms with Crippen LogP contribution in [0.15, 0.2) is 24.3 Å². The first-order chi connectivity index (χ1) is 7.24. The third kappa shape index (κ3) is 8.19. The third-order valence-electron chi connectivity index (χ3n) is 1.90. The van der Waals surface area contributed by atoms with E-state index < -0.39 is 0 Å². The second-order valence-electron chi connectivity index (χ2n) is 3.30. The minimum Gasteiger partial charge on any atom is -0.303 e. The summed E-state index contributed by atoms with van der Waals surface area (Å²) in [6, 6.07) is 8.09. The van der Waals surface area contributed by atoms with Crippen LogP contribution in [-0.2, 0) is 11.2 Å². The first-order valence-electron chi connectivity index (χ1n) is 5.42. The molecule has 0 amide bonds. The number of hydrogen-bond acceptors (Lipinski definition) is 1. The number of rotatable bonds is 4. The molecule has 1 rings (SSSR count). The SMILES string of the molecule is CCC=O.CCCCc1ccc(Cl)cc1. The maximum Gasteiger partial charge on any atom is 0.119 e. The van der Waals surface area contributed by atoms with Crippen LogP contribution in [0.2, 0.25) is 5.02 Å². The number of carbonyl (C=O) groups is 1. The highest BCUT2D eigenvalue weighted by Gasteiger charge is 1.90. The largest absolute Gasteiger partial charge is 0.303 e. The summed E-state index contributed by atoms with van der Waals surface area (Å²) in [6.45, 7) is 4.02. The van der Waals surface area contributed by atoms with Crippen molar-refractivity contribution in [2.45, 2.75) is 39.5 Å². The summed E-state index contributed by atoms with van der Waals surface area (Å²) in [5, 5.41) is 0.824. The van der Waals surface area contributed by atoms with Crippen LogP contribution >= 0.6 is 11.6 Å². The van der Waals surface area contributed by atoms with Crippen molar-refractivity contribution in [2.75, 3.05) is 0 Å². The molecule has 0 radical (unpaired) electrons. The summed E-state index contributed by atoms with van der Waals surface area (Å²) in [4.78, 5) is 9.17. The van der Waals surface area contributed by atoms with E-state index in [1.165, 1.54) is 24.8 Å². The number of aryl methyl sites for hydroxylation is 1. The molecule has 0 aliphatic rings. The van der Waals surface area contributed by atoms with Gasteiger partial charge in [0.05, 0.1) is 0 Å². The Kier molecular flexibility index (Phi) is 9.19. The lowest BCUT2D eigenvalue weighted by Crippen LogP contribution is -1.82. The number of unbranched alkanes of at least 4 members (excludes halogenated alkanes) is 1. The van der Waals surface area contributed by atoms with Crippen molar-refractivity contribution < 1.29 is 4.79 Å². The molecule has 1 nitrogen and oxygen atoms in total. The van der Waals surface area contributed by atoms with Crippen LogP contribution in [0.4, 0.5) is 0 Å². The molecule has 0 aliphatic heterocycles. The van der Waals surface area contributed by atoms with E-state index in [1.54, 1.807) is 0 Å². The van der Waals surface area contributed by atoms with Gasteiger partial charge in [0.25, 0.3) is 0 Å². The van der Waals surface area contributed by atoms with E-state index in [-0.39, 0.29) is 0 Å². The lowest BCUT2D eigenvalue weighted by Gasteiger charge is -1.98. The first-order valence-corrected chi connectivity index (χ1v) is 5.80. The molecule has 0 saturated carbocycles. The predicted molar refractivity (Wildman–Crippen MR) is 66.4 cm³/mol. The Morgan fingerprint density at radius 2 is 1.73 bits per heavy atom. The molecule has 1 aromatic carbocycles. The molecule has 0 heterocycles. The van der Waals surface area contributed by atoms with Crippen LogP contribution in [0.5, 0.6) is 0 Å². The Labute approximate surface area is 97.5 Å². The molecule has 0 fully saturated rings. The molecule has 0 spiro atoms. The van der Waals surface area contributed by atoms with E-state index in [4.69, 9.17) is 11.6 Å². The first kappa shape index (κ1) is 14.2. The number of aldehydes is 1. The van der Waals surface area contributed by atoms with Gasteiger partial charge in [-0.25, -0.2) is 0 Å². The number of halogens is 1. The molecule has 0 saturated heterocycles. The number of carbonyl (C=O) groups excluding carboxylic acids is 1. The van der Waals surface area contributed by atoms with Crippen molar-refractivity contribution in [2.24, 2.45) is 0 Å². The average molecular weight is 227 g/mol. The zero-order valence-electron chi connectivity index (χ0n) is 9.50. The molecule has 15 heavy (non-hydrogen) atoms. The van der Waals surface area contributed by atoms with Crippen LogP contribution in [-0.4, -0.2) is 6.29 Å². The van der Waals surface area contributed by atoms with Crippen molar-refractivity contribution in [3.05, 3.63) is 34.9 Å². The van der Waals surface area contributed by atoms with Gasteiger partial charge in [0.2, 0.25) is 0 Å². The highest BCUT2D eigenvalue weighted by atomic mass is 35.5. The zero-order chi connectivity index (χ0) is 11.5. The minimum atomic E-state index is 0.639. The summed E-state index contributed by atoms with van der Waals surface area (Å²) >= 11 is 5.75. The standard InChI is InChI=1S/C10H13Cl.C3H6O/c1-2-3-4-9-5-7-10(11)8-6-9;1-2-3-4/h5-8H,2-4H2,1H3;3H,2H2,1H3. The minimum absolute atomic E-state index is 0.639. The van der Waals surface area contributed by atoms with Gasteiger partial charge in [-0.15, -0.1) is 0 Å². The van der Waals surface area contributed by atoms with Gasteiger partial charge in [-0.3, -0.25) is 0 Å². The zero-order valence-corrected chi connectivity index (χ0v) is 10.3. The molecule has 0 bridgehead atoms. The maximum atomic E-state index is 9.17. The van der Waals surface area contributed by atoms with E-state index in [9.17, 15) is 4.79 Å². The van der Waals surface area contributed by atoms with Crippen LogP contribution < -0.4 is 0 Å². The molecule has 2 heteroatoms. The van der Waals surface area contributed by atoms with Gasteiger partial charge in [-0.05, 0) is 30.5 Å². The fraction of sp³-hybridized carbons (Fsp3) is 0.462. The van der Waals surface area contributed by atoms with Crippen molar-refractivity contribution in [3.63, 3.8) is 0 Å². The lowest BCUT2D eigenvalue weighted by atomic mass is 10.1. The van der Waals surface area contributed by atoms with E-state index in [0.717, 1.165) is 11.3 Å². The number of hydrogen-bond donors (Lipinski definition) is 0. The topological polar surface area (TPSA) is 17.1 Å². The quantitative estimate of drug-likeness (QED) is 0.701. The van der Waals surface area contributed by atoms with Crippen molar-refractivity contribution in [1.82, 2.24) is 0 Å². The number of benzene rings is 1. The lowest BCUT2D eigenvalue weighted by molar-refractivity contribution is -0.107. The van der Waals surface area contributed by atoms with Crippen molar-refractivity contribution in [1.29, 1.82) is 0 Å². The molecule has 1 aromatic rings. The average Bonchev–Trinajstić information content (AvgIpc) is 2.29. The van der Waals surface area contributed by atoms with Crippen LogP contribution in [0.3, 0.4) is 0 Å². The normalized spacial score (nSPS) is 9.00. The summed E-state index contributed by atoms with van der Waals surface area (Å²) in [7, 11) is 0. The molecular formula is C13H19ClO. The molecule has 0 unspecified atom stereocenters. The fourth-order valence-corrected chi connectivity index (χ4v) is 1.16. The van der Waals surface area contributed by atoms with Gasteiger partial charge >= 0.3 is 0 Å². The van der Waals surface area contributed by atoms with Gasteiger partial charge in [0.15, 0.2) is 0 Å². The maximum absolute atomic E-state index is 9.17. The Balaban J connectivity index is 0.000000423. The highest BCUT2D eigenvalue weighted by Crippen LogP contribution is 2.11. The van der Waals surface area contributed by atoms with Crippen LogP contribution in [0, 0.1) is 0 Å². The smallest absolute Gasteiger partial charge is 0.119 e. The Hall–Kier alpha value is -0.820. The summed E-state index contributed by atoms with van der Waals surface area (Å²) in [5.74, 6) is 0. The molecule has 84 valence electrons. The van der Waals surface area contributed by atoms with Crippen molar-refractivity contribution in [3.8, 4) is 0 Å². The van der Waals surface area contributed by atoms with E-state index >= 15 is 0 Å². The second kappa shape index (κ2) is 9.72. The highest BCUT2D eigenvalue weighted by molar-refractivity contribution is 6.30. The predicted octanol–water partition coefficient (Wildman–Crippen LogP) is 4.28. The third-order valence-corrected chi connectivity index (χ3v) is 2.15. The van der Waals surface area contributed by atoms with E-state index in [2.05, 4.69) is 19.1 Å². The van der Waals surface area contributed by atoms with Gasteiger partial charge in [-0.1, -0.05) is 44.0 Å². The Bertz CT molecular complexity index is 254. The summed E-state index contributed by atoms with van der Waals surface area (Å²) in [5.41, 5.74) is 1.39. The summed E-state index contributed by atoms with van der Waals surface area (Å²) in [6.07, 6.45) is 5.21. The van der Waals surface area contributed by atoms with Gasteiger partial charge in [0, 0.05) is 11.4 Å². The molecule has 0 atom stereocenters. The molecule has 0 aromatic heterocycles. The molecule has 0 N–H and O–H groups in total. The van der Waals surface area contributed by atoms with Crippen LogP contribution in [0.1, 0.15) is 38.7 Å². The second-order valence-corrected chi connectivity index (χ2v) is 3.74. The monoisotopic (exact) mass is 226 g/mol. The molecular weight excluding hydrogens is 208 g/mol. The molecule has 0 aliphatic carbocycles.